The van der Waals surface area contributed by atoms with Crippen molar-refractivity contribution in [1.82, 2.24) is 5.32 Å². The van der Waals surface area contributed by atoms with Crippen LogP contribution in [0.2, 0.25) is 5.02 Å². The van der Waals surface area contributed by atoms with E-state index in [2.05, 4.69) is 5.32 Å². The molecule has 4 amide bonds. The Hall–Kier alpha value is -3.12. The van der Waals surface area contributed by atoms with Crippen LogP contribution >= 0.6 is 11.6 Å². The summed E-state index contributed by atoms with van der Waals surface area (Å²) in [5.74, 6) is -0.935. The maximum Gasteiger partial charge on any atom is 0.335 e. The minimum Gasteiger partial charge on any atom is -0.494 e. The summed E-state index contributed by atoms with van der Waals surface area (Å²) >= 11 is 6.10. The van der Waals surface area contributed by atoms with Crippen molar-refractivity contribution in [3.05, 3.63) is 63.7 Å². The number of barbiturate groups is 1. The second-order valence-electron chi connectivity index (χ2n) is 6.38. The van der Waals surface area contributed by atoms with Gasteiger partial charge in [-0.1, -0.05) is 17.7 Å². The summed E-state index contributed by atoms with van der Waals surface area (Å²) < 4.78 is 5.44. The Kier molecular flexibility index (Phi) is 5.51. The fourth-order valence-electron chi connectivity index (χ4n) is 2.84. The summed E-state index contributed by atoms with van der Waals surface area (Å²) in [4.78, 5) is 38.5. The largest absolute Gasteiger partial charge is 0.494 e. The third-order valence-corrected chi connectivity index (χ3v) is 4.58. The van der Waals surface area contributed by atoms with E-state index in [9.17, 15) is 14.4 Å². The van der Waals surface area contributed by atoms with E-state index in [-0.39, 0.29) is 5.57 Å². The summed E-state index contributed by atoms with van der Waals surface area (Å²) in [6, 6.07) is 9.34. The monoisotopic (exact) mass is 398 g/mol. The van der Waals surface area contributed by atoms with E-state index in [1.165, 1.54) is 6.08 Å². The highest BCUT2D eigenvalue weighted by Crippen LogP contribution is 2.26. The minimum absolute atomic E-state index is 0.164. The molecule has 6 nitrogen and oxygen atoms in total. The van der Waals surface area contributed by atoms with Crippen molar-refractivity contribution in [3.8, 4) is 5.75 Å². The van der Waals surface area contributed by atoms with Gasteiger partial charge in [-0.05, 0) is 73.9 Å². The SMILES string of the molecule is CCOc1cc(Cl)cc(/C=C2\C(=O)NC(=O)N(c3ccc(C)c(C)c3)C2=O)c1. The van der Waals surface area contributed by atoms with Crippen molar-refractivity contribution in [2.45, 2.75) is 20.8 Å². The van der Waals surface area contributed by atoms with Gasteiger partial charge in [0, 0.05) is 5.02 Å². The van der Waals surface area contributed by atoms with E-state index in [0.717, 1.165) is 16.0 Å². The molecule has 7 heteroatoms. The van der Waals surface area contributed by atoms with E-state index >= 15 is 0 Å². The van der Waals surface area contributed by atoms with Crippen LogP contribution < -0.4 is 15.0 Å². The molecular weight excluding hydrogens is 380 g/mol. The number of ether oxygens (including phenoxy) is 1. The first-order valence-electron chi connectivity index (χ1n) is 8.72. The lowest BCUT2D eigenvalue weighted by Gasteiger charge is -2.26. The highest BCUT2D eigenvalue weighted by molar-refractivity contribution is 6.39. The Labute approximate surface area is 167 Å². The average Bonchev–Trinajstić information content (AvgIpc) is 2.61. The predicted molar refractivity (Wildman–Crippen MR) is 108 cm³/mol. The molecule has 1 heterocycles. The van der Waals surface area contributed by atoms with Crippen LogP contribution in [0.4, 0.5) is 10.5 Å². The zero-order chi connectivity index (χ0) is 20.4. The first kappa shape index (κ1) is 19.6. The van der Waals surface area contributed by atoms with Gasteiger partial charge in [-0.2, -0.15) is 0 Å². The molecule has 0 saturated carbocycles. The van der Waals surface area contributed by atoms with Gasteiger partial charge in [0.1, 0.15) is 11.3 Å². The van der Waals surface area contributed by atoms with Crippen LogP contribution in [0.3, 0.4) is 0 Å². The number of urea groups is 1. The standard InChI is InChI=1S/C21H19ClN2O4/c1-4-28-17-9-14(8-15(22)11-17)10-18-19(25)23-21(27)24(20(18)26)16-6-5-12(2)13(3)7-16/h5-11H,4H2,1-3H3,(H,23,25,27)/b18-10+. The molecule has 144 valence electrons. The summed E-state index contributed by atoms with van der Waals surface area (Å²) in [5, 5.41) is 2.62. The number of imide groups is 2. The normalized spacial score (nSPS) is 15.8. The number of anilines is 1. The summed E-state index contributed by atoms with van der Waals surface area (Å²) in [6.45, 7) is 6.10. The van der Waals surface area contributed by atoms with Gasteiger partial charge in [0.25, 0.3) is 11.8 Å². The van der Waals surface area contributed by atoms with E-state index in [1.807, 2.05) is 26.8 Å². The molecule has 1 aliphatic heterocycles. The van der Waals surface area contributed by atoms with Gasteiger partial charge >= 0.3 is 6.03 Å². The summed E-state index contributed by atoms with van der Waals surface area (Å²) in [7, 11) is 0. The van der Waals surface area contributed by atoms with Gasteiger partial charge in [-0.25, -0.2) is 9.69 Å². The minimum atomic E-state index is -0.781. The van der Waals surface area contributed by atoms with E-state index in [4.69, 9.17) is 16.3 Å². The molecule has 2 aromatic carbocycles. The van der Waals surface area contributed by atoms with Crippen molar-refractivity contribution in [2.24, 2.45) is 0 Å². The fourth-order valence-corrected chi connectivity index (χ4v) is 3.07. The Morgan fingerprint density at radius 3 is 2.50 bits per heavy atom. The number of nitrogens with one attached hydrogen (secondary N) is 1. The third-order valence-electron chi connectivity index (χ3n) is 4.37. The molecule has 1 fully saturated rings. The number of halogens is 1. The number of hydrogen-bond acceptors (Lipinski definition) is 4. The number of hydrogen-bond donors (Lipinski definition) is 1. The molecule has 1 N–H and O–H groups in total. The van der Waals surface area contributed by atoms with Crippen molar-refractivity contribution >= 4 is 41.2 Å². The van der Waals surface area contributed by atoms with Gasteiger partial charge in [-0.3, -0.25) is 14.9 Å². The molecule has 1 aliphatic rings. The molecule has 0 bridgehead atoms. The number of amides is 4. The molecule has 0 radical (unpaired) electrons. The third kappa shape index (κ3) is 3.92. The molecule has 0 aliphatic carbocycles. The molecule has 0 aromatic heterocycles. The van der Waals surface area contributed by atoms with Crippen LogP contribution in [0, 0.1) is 13.8 Å². The number of benzene rings is 2. The number of rotatable bonds is 4. The van der Waals surface area contributed by atoms with Crippen molar-refractivity contribution in [1.29, 1.82) is 0 Å². The van der Waals surface area contributed by atoms with Crippen molar-refractivity contribution < 1.29 is 19.1 Å². The number of aryl methyl sites for hydroxylation is 2. The van der Waals surface area contributed by atoms with Crippen LogP contribution in [0.15, 0.2) is 42.0 Å². The number of carbonyl (C=O) groups is 3. The smallest absolute Gasteiger partial charge is 0.335 e. The molecule has 1 saturated heterocycles. The quantitative estimate of drug-likeness (QED) is 0.623. The first-order valence-corrected chi connectivity index (χ1v) is 9.10. The predicted octanol–water partition coefficient (Wildman–Crippen LogP) is 4.02. The topological polar surface area (TPSA) is 75.7 Å². The van der Waals surface area contributed by atoms with Gasteiger partial charge in [-0.15, -0.1) is 0 Å². The Bertz CT molecular complexity index is 1010. The second-order valence-corrected chi connectivity index (χ2v) is 6.82. The molecule has 0 atom stereocenters. The van der Waals surface area contributed by atoms with Crippen molar-refractivity contribution in [3.63, 3.8) is 0 Å². The summed E-state index contributed by atoms with van der Waals surface area (Å²) in [5.41, 5.74) is 2.70. The van der Waals surface area contributed by atoms with Gasteiger partial charge in [0.2, 0.25) is 0 Å². The lowest BCUT2D eigenvalue weighted by molar-refractivity contribution is -0.122. The van der Waals surface area contributed by atoms with Gasteiger partial charge < -0.3 is 4.74 Å². The maximum atomic E-state index is 13.0. The number of nitrogens with zero attached hydrogens (tertiary/aromatic N) is 1. The van der Waals surface area contributed by atoms with Crippen LogP contribution in [-0.2, 0) is 9.59 Å². The average molecular weight is 399 g/mol. The highest BCUT2D eigenvalue weighted by atomic mass is 35.5. The highest BCUT2D eigenvalue weighted by Gasteiger charge is 2.36. The van der Waals surface area contributed by atoms with E-state index < -0.39 is 17.8 Å². The lowest BCUT2D eigenvalue weighted by atomic mass is 10.0. The second kappa shape index (κ2) is 7.86. The van der Waals surface area contributed by atoms with E-state index in [0.29, 0.717) is 28.6 Å². The lowest BCUT2D eigenvalue weighted by Crippen LogP contribution is -2.54. The Morgan fingerprint density at radius 2 is 1.82 bits per heavy atom. The van der Waals surface area contributed by atoms with Gasteiger partial charge in [0.05, 0.1) is 12.3 Å². The first-order chi connectivity index (χ1) is 13.3. The Morgan fingerprint density at radius 1 is 1.07 bits per heavy atom. The Balaban J connectivity index is 2.02. The molecule has 2 aromatic rings. The van der Waals surface area contributed by atoms with Crippen LogP contribution in [-0.4, -0.2) is 24.5 Å². The molecule has 0 unspecified atom stereocenters. The van der Waals surface area contributed by atoms with Crippen LogP contribution in [0.5, 0.6) is 5.75 Å². The summed E-state index contributed by atoms with van der Waals surface area (Å²) in [6.07, 6.45) is 1.40. The molecule has 3 rings (SSSR count). The van der Waals surface area contributed by atoms with Crippen LogP contribution in [0.25, 0.3) is 6.08 Å². The molecule has 0 spiro atoms. The zero-order valence-corrected chi connectivity index (χ0v) is 16.5. The molecule has 28 heavy (non-hydrogen) atoms. The fraction of sp³-hybridized carbons (Fsp3) is 0.190. The van der Waals surface area contributed by atoms with Crippen LogP contribution in [0.1, 0.15) is 23.6 Å². The zero-order valence-electron chi connectivity index (χ0n) is 15.7. The van der Waals surface area contributed by atoms with E-state index in [1.54, 1.807) is 30.3 Å². The van der Waals surface area contributed by atoms with Gasteiger partial charge in [0.15, 0.2) is 0 Å². The maximum absolute atomic E-state index is 13.0. The number of carbonyl (C=O) groups excluding carboxylic acids is 3. The molecular formula is C21H19ClN2O4. The van der Waals surface area contributed by atoms with Crippen molar-refractivity contribution in [2.75, 3.05) is 11.5 Å².